The summed E-state index contributed by atoms with van der Waals surface area (Å²) in [5, 5.41) is 9.12. The van der Waals surface area contributed by atoms with Crippen LogP contribution in [0.25, 0.3) is 0 Å². The highest BCUT2D eigenvalue weighted by Crippen LogP contribution is 2.14. The van der Waals surface area contributed by atoms with Gasteiger partial charge < -0.3 is 5.11 Å². The van der Waals surface area contributed by atoms with Crippen molar-refractivity contribution in [3.63, 3.8) is 0 Å². The van der Waals surface area contributed by atoms with E-state index in [1.807, 2.05) is 12.1 Å². The monoisotopic (exact) mass is 234 g/mol. The Kier molecular flexibility index (Phi) is 3.38. The third-order valence-corrected chi connectivity index (χ3v) is 2.62. The van der Waals surface area contributed by atoms with Crippen molar-refractivity contribution in [2.45, 2.75) is 12.8 Å². The fraction of sp³-hybridized carbons (Fsp3) is 0.143. The Morgan fingerprint density at radius 3 is 2.00 bits per heavy atom. The van der Waals surface area contributed by atoms with Crippen LogP contribution in [0.1, 0.15) is 11.1 Å². The Bertz CT molecular complexity index is 506. The summed E-state index contributed by atoms with van der Waals surface area (Å²) in [5.74, 6) is -1.41. The number of aromatic hydroxyl groups is 1. The number of phenolic OH excluding ortho intramolecular Hbond substituents is 1. The Balaban J connectivity index is 2.02. The normalized spacial score (nSPS) is 10.5. The lowest BCUT2D eigenvalue weighted by Crippen LogP contribution is -1.93. The van der Waals surface area contributed by atoms with E-state index in [1.54, 1.807) is 18.2 Å². The van der Waals surface area contributed by atoms with Crippen molar-refractivity contribution in [3.8, 4) is 5.75 Å². The molecular formula is C14H12F2O. The van der Waals surface area contributed by atoms with Crippen molar-refractivity contribution in [2.24, 2.45) is 0 Å². The van der Waals surface area contributed by atoms with Crippen LogP contribution < -0.4 is 0 Å². The van der Waals surface area contributed by atoms with Gasteiger partial charge in [0.1, 0.15) is 5.75 Å². The topological polar surface area (TPSA) is 20.2 Å². The Labute approximate surface area is 98.3 Å². The zero-order valence-electron chi connectivity index (χ0n) is 9.16. The van der Waals surface area contributed by atoms with Gasteiger partial charge in [0.05, 0.1) is 0 Å². The van der Waals surface area contributed by atoms with Crippen molar-refractivity contribution in [2.75, 3.05) is 0 Å². The molecule has 0 spiro atoms. The maximum atomic E-state index is 12.9. The van der Waals surface area contributed by atoms with Crippen molar-refractivity contribution in [1.29, 1.82) is 0 Å². The van der Waals surface area contributed by atoms with Gasteiger partial charge in [-0.3, -0.25) is 0 Å². The quantitative estimate of drug-likeness (QED) is 0.862. The van der Waals surface area contributed by atoms with Gasteiger partial charge in [0.25, 0.3) is 0 Å². The summed E-state index contributed by atoms with van der Waals surface area (Å²) in [6.07, 6.45) is 1.37. The molecule has 0 unspecified atom stereocenters. The van der Waals surface area contributed by atoms with Gasteiger partial charge in [0.15, 0.2) is 11.6 Å². The maximum absolute atomic E-state index is 12.9. The first-order valence-corrected chi connectivity index (χ1v) is 5.37. The lowest BCUT2D eigenvalue weighted by atomic mass is 10.0. The summed E-state index contributed by atoms with van der Waals surface area (Å²) in [5.41, 5.74) is 1.81. The molecule has 88 valence electrons. The summed E-state index contributed by atoms with van der Waals surface area (Å²) in [4.78, 5) is 0. The maximum Gasteiger partial charge on any atom is 0.159 e. The number of benzene rings is 2. The number of hydrogen-bond donors (Lipinski definition) is 1. The molecule has 0 atom stereocenters. The largest absolute Gasteiger partial charge is 0.508 e. The van der Waals surface area contributed by atoms with Crippen LogP contribution in [0.15, 0.2) is 42.5 Å². The SMILES string of the molecule is Oc1ccc(CCc2ccc(F)c(F)c2)cc1. The van der Waals surface area contributed by atoms with E-state index < -0.39 is 11.6 Å². The first kappa shape index (κ1) is 11.6. The molecule has 3 heteroatoms. The molecule has 2 aromatic rings. The minimum Gasteiger partial charge on any atom is -0.508 e. The highest BCUT2D eigenvalue weighted by molar-refractivity contribution is 5.27. The Morgan fingerprint density at radius 1 is 0.765 bits per heavy atom. The fourth-order valence-corrected chi connectivity index (χ4v) is 1.65. The number of phenols is 1. The Morgan fingerprint density at radius 2 is 1.35 bits per heavy atom. The van der Waals surface area contributed by atoms with E-state index >= 15 is 0 Å². The first-order chi connectivity index (χ1) is 8.15. The molecule has 0 radical (unpaired) electrons. The number of hydrogen-bond acceptors (Lipinski definition) is 1. The van der Waals surface area contributed by atoms with E-state index in [0.717, 1.165) is 23.6 Å². The molecule has 0 bridgehead atoms. The first-order valence-electron chi connectivity index (χ1n) is 5.37. The van der Waals surface area contributed by atoms with E-state index in [0.29, 0.717) is 6.42 Å². The van der Waals surface area contributed by atoms with E-state index in [-0.39, 0.29) is 5.75 Å². The van der Waals surface area contributed by atoms with E-state index in [1.165, 1.54) is 6.07 Å². The van der Waals surface area contributed by atoms with Gasteiger partial charge in [-0.05, 0) is 48.2 Å². The molecule has 0 fully saturated rings. The minimum absolute atomic E-state index is 0.224. The molecule has 0 saturated heterocycles. The van der Waals surface area contributed by atoms with Crippen LogP contribution in [0, 0.1) is 11.6 Å². The van der Waals surface area contributed by atoms with Gasteiger partial charge in [-0.2, -0.15) is 0 Å². The molecule has 2 rings (SSSR count). The van der Waals surface area contributed by atoms with E-state index in [2.05, 4.69) is 0 Å². The molecule has 0 amide bonds. The van der Waals surface area contributed by atoms with Gasteiger partial charge in [-0.25, -0.2) is 8.78 Å². The zero-order valence-corrected chi connectivity index (χ0v) is 9.16. The van der Waals surface area contributed by atoms with Gasteiger partial charge >= 0.3 is 0 Å². The number of aryl methyl sites for hydroxylation is 2. The number of rotatable bonds is 3. The summed E-state index contributed by atoms with van der Waals surface area (Å²) in [6.45, 7) is 0. The predicted octanol–water partition coefficient (Wildman–Crippen LogP) is 3.46. The van der Waals surface area contributed by atoms with Crippen molar-refractivity contribution < 1.29 is 13.9 Å². The molecule has 1 N–H and O–H groups in total. The summed E-state index contributed by atoms with van der Waals surface area (Å²) in [7, 11) is 0. The third kappa shape index (κ3) is 3.03. The second-order valence-electron chi connectivity index (χ2n) is 3.91. The molecule has 17 heavy (non-hydrogen) atoms. The van der Waals surface area contributed by atoms with Crippen molar-refractivity contribution in [3.05, 3.63) is 65.2 Å². The van der Waals surface area contributed by atoms with Crippen molar-refractivity contribution in [1.82, 2.24) is 0 Å². The molecule has 0 aromatic heterocycles. The van der Waals surface area contributed by atoms with Crippen LogP contribution >= 0.6 is 0 Å². The van der Waals surface area contributed by atoms with Gasteiger partial charge in [0, 0.05) is 0 Å². The molecule has 0 aliphatic carbocycles. The van der Waals surface area contributed by atoms with Crippen LogP contribution in [0.5, 0.6) is 5.75 Å². The molecule has 0 aliphatic heterocycles. The average Bonchev–Trinajstić information content (AvgIpc) is 2.33. The zero-order chi connectivity index (χ0) is 12.3. The lowest BCUT2D eigenvalue weighted by molar-refractivity contribution is 0.475. The number of halogens is 2. The van der Waals surface area contributed by atoms with Crippen LogP contribution in [-0.4, -0.2) is 5.11 Å². The highest BCUT2D eigenvalue weighted by Gasteiger charge is 2.02. The van der Waals surface area contributed by atoms with Crippen LogP contribution in [-0.2, 0) is 12.8 Å². The predicted molar refractivity (Wildman–Crippen MR) is 61.9 cm³/mol. The van der Waals surface area contributed by atoms with Gasteiger partial charge in [0.2, 0.25) is 0 Å². The molecule has 0 aliphatic rings. The van der Waals surface area contributed by atoms with Crippen molar-refractivity contribution >= 4 is 0 Å². The summed E-state index contributed by atoms with van der Waals surface area (Å²) in [6, 6.07) is 10.8. The summed E-state index contributed by atoms with van der Waals surface area (Å²) >= 11 is 0. The molecule has 2 aromatic carbocycles. The second kappa shape index (κ2) is 4.95. The highest BCUT2D eigenvalue weighted by atomic mass is 19.2. The molecule has 0 heterocycles. The molecule has 1 nitrogen and oxygen atoms in total. The van der Waals surface area contributed by atoms with E-state index in [4.69, 9.17) is 5.11 Å². The average molecular weight is 234 g/mol. The molecule has 0 saturated carbocycles. The van der Waals surface area contributed by atoms with Gasteiger partial charge in [-0.15, -0.1) is 0 Å². The summed E-state index contributed by atoms with van der Waals surface area (Å²) < 4.78 is 25.7. The molecular weight excluding hydrogens is 222 g/mol. The van der Waals surface area contributed by atoms with Crippen LogP contribution in [0.4, 0.5) is 8.78 Å². The Hall–Kier alpha value is -1.90. The van der Waals surface area contributed by atoms with Crippen LogP contribution in [0.2, 0.25) is 0 Å². The third-order valence-electron chi connectivity index (χ3n) is 2.62. The second-order valence-corrected chi connectivity index (χ2v) is 3.91. The standard InChI is InChI=1S/C14H12F2O/c15-13-8-5-11(9-14(13)16)2-1-10-3-6-12(17)7-4-10/h3-9,17H,1-2H2. The lowest BCUT2D eigenvalue weighted by Gasteiger charge is -2.03. The van der Waals surface area contributed by atoms with Gasteiger partial charge in [-0.1, -0.05) is 18.2 Å². The van der Waals surface area contributed by atoms with E-state index in [9.17, 15) is 8.78 Å². The smallest absolute Gasteiger partial charge is 0.159 e. The van der Waals surface area contributed by atoms with Crippen LogP contribution in [0.3, 0.4) is 0 Å². The minimum atomic E-state index is -0.821. The fourth-order valence-electron chi connectivity index (χ4n) is 1.65.